The predicted molar refractivity (Wildman–Crippen MR) is 98.0 cm³/mol. The molecular formula is C20H26N2O2. The minimum absolute atomic E-state index is 0.00578. The van der Waals surface area contributed by atoms with Gasteiger partial charge in [-0.25, -0.2) is 0 Å². The molecule has 0 aliphatic heterocycles. The van der Waals surface area contributed by atoms with Gasteiger partial charge in [0.2, 0.25) is 0 Å². The van der Waals surface area contributed by atoms with E-state index in [-0.39, 0.29) is 24.0 Å². The SMILES string of the molecule is CC(NC(=O)COc1ccc(C(C)(C)C)cc1)c1ccc(N)cc1. The highest BCUT2D eigenvalue weighted by Gasteiger charge is 2.14. The lowest BCUT2D eigenvalue weighted by Gasteiger charge is -2.19. The Morgan fingerprint density at radius 2 is 1.67 bits per heavy atom. The summed E-state index contributed by atoms with van der Waals surface area (Å²) in [6, 6.07) is 15.2. The number of hydrogen-bond donors (Lipinski definition) is 2. The van der Waals surface area contributed by atoms with Gasteiger partial charge in [0.15, 0.2) is 6.61 Å². The molecule has 24 heavy (non-hydrogen) atoms. The number of amides is 1. The molecule has 1 amide bonds. The second-order valence-corrected chi connectivity index (χ2v) is 7.02. The number of nitrogens with two attached hydrogens (primary N) is 1. The molecule has 2 aromatic carbocycles. The van der Waals surface area contributed by atoms with Gasteiger partial charge in [-0.3, -0.25) is 4.79 Å². The summed E-state index contributed by atoms with van der Waals surface area (Å²) >= 11 is 0. The molecular weight excluding hydrogens is 300 g/mol. The molecule has 4 heteroatoms. The molecule has 0 saturated carbocycles. The third-order valence-corrected chi connectivity index (χ3v) is 3.90. The van der Waals surface area contributed by atoms with E-state index in [0.717, 1.165) is 5.56 Å². The van der Waals surface area contributed by atoms with Crippen LogP contribution in [0.2, 0.25) is 0 Å². The number of anilines is 1. The molecule has 0 radical (unpaired) electrons. The first-order valence-electron chi connectivity index (χ1n) is 8.14. The summed E-state index contributed by atoms with van der Waals surface area (Å²) in [7, 11) is 0. The molecule has 0 aliphatic carbocycles. The summed E-state index contributed by atoms with van der Waals surface area (Å²) in [6.45, 7) is 8.41. The third-order valence-electron chi connectivity index (χ3n) is 3.90. The molecule has 2 rings (SSSR count). The van der Waals surface area contributed by atoms with Crippen LogP contribution in [0.4, 0.5) is 5.69 Å². The molecule has 128 valence electrons. The largest absolute Gasteiger partial charge is 0.484 e. The fraction of sp³-hybridized carbons (Fsp3) is 0.350. The molecule has 1 atom stereocenters. The summed E-state index contributed by atoms with van der Waals surface area (Å²) in [5.41, 5.74) is 8.72. The molecule has 0 spiro atoms. The van der Waals surface area contributed by atoms with Gasteiger partial charge in [-0.1, -0.05) is 45.0 Å². The Morgan fingerprint density at radius 1 is 1.08 bits per heavy atom. The van der Waals surface area contributed by atoms with Crippen LogP contribution < -0.4 is 15.8 Å². The zero-order chi connectivity index (χ0) is 17.7. The lowest BCUT2D eigenvalue weighted by molar-refractivity contribution is -0.123. The van der Waals surface area contributed by atoms with Crippen molar-refractivity contribution in [2.75, 3.05) is 12.3 Å². The van der Waals surface area contributed by atoms with Crippen LogP contribution in [0.25, 0.3) is 0 Å². The van der Waals surface area contributed by atoms with Crippen molar-refractivity contribution >= 4 is 11.6 Å². The van der Waals surface area contributed by atoms with Gasteiger partial charge in [-0.2, -0.15) is 0 Å². The summed E-state index contributed by atoms with van der Waals surface area (Å²) in [6.07, 6.45) is 0. The Hall–Kier alpha value is -2.49. The Labute approximate surface area is 144 Å². The zero-order valence-electron chi connectivity index (χ0n) is 14.8. The van der Waals surface area contributed by atoms with Gasteiger partial charge < -0.3 is 15.8 Å². The van der Waals surface area contributed by atoms with Gasteiger partial charge in [-0.15, -0.1) is 0 Å². The van der Waals surface area contributed by atoms with E-state index in [1.165, 1.54) is 5.56 Å². The van der Waals surface area contributed by atoms with Gasteiger partial charge >= 0.3 is 0 Å². The molecule has 0 heterocycles. The number of hydrogen-bond acceptors (Lipinski definition) is 3. The fourth-order valence-electron chi connectivity index (χ4n) is 2.35. The Morgan fingerprint density at radius 3 is 2.21 bits per heavy atom. The number of benzene rings is 2. The average molecular weight is 326 g/mol. The van der Waals surface area contributed by atoms with Crippen molar-refractivity contribution in [3.8, 4) is 5.75 Å². The van der Waals surface area contributed by atoms with Crippen molar-refractivity contribution in [2.45, 2.75) is 39.2 Å². The highest BCUT2D eigenvalue weighted by atomic mass is 16.5. The predicted octanol–water partition coefficient (Wildman–Crippen LogP) is 3.82. The van der Waals surface area contributed by atoms with E-state index >= 15 is 0 Å². The number of nitrogen functional groups attached to an aromatic ring is 1. The van der Waals surface area contributed by atoms with E-state index in [1.54, 1.807) is 0 Å². The Balaban J connectivity index is 1.85. The summed E-state index contributed by atoms with van der Waals surface area (Å²) in [5, 5.41) is 2.92. The van der Waals surface area contributed by atoms with Crippen LogP contribution in [0.3, 0.4) is 0 Å². The van der Waals surface area contributed by atoms with Crippen LogP contribution in [0.5, 0.6) is 5.75 Å². The van der Waals surface area contributed by atoms with Crippen LogP contribution in [-0.2, 0) is 10.2 Å². The van der Waals surface area contributed by atoms with Gasteiger partial charge in [-0.05, 0) is 47.7 Å². The Bertz CT molecular complexity index is 670. The molecule has 3 N–H and O–H groups in total. The summed E-state index contributed by atoms with van der Waals surface area (Å²) in [5.74, 6) is 0.539. The molecule has 1 unspecified atom stereocenters. The van der Waals surface area contributed by atoms with E-state index in [9.17, 15) is 4.79 Å². The molecule has 0 aliphatic rings. The van der Waals surface area contributed by atoms with E-state index in [0.29, 0.717) is 11.4 Å². The summed E-state index contributed by atoms with van der Waals surface area (Å²) < 4.78 is 5.56. The Kier molecular flexibility index (Phi) is 5.50. The van der Waals surface area contributed by atoms with Crippen LogP contribution in [-0.4, -0.2) is 12.5 Å². The van der Waals surface area contributed by atoms with Crippen molar-refractivity contribution in [2.24, 2.45) is 0 Å². The van der Waals surface area contributed by atoms with E-state index in [1.807, 2.05) is 55.5 Å². The topological polar surface area (TPSA) is 64.3 Å². The number of carbonyl (C=O) groups is 1. The standard InChI is InChI=1S/C20H26N2O2/c1-14(15-5-9-17(21)10-6-15)22-19(23)13-24-18-11-7-16(8-12-18)20(2,3)4/h5-12,14H,13,21H2,1-4H3,(H,22,23). The van der Waals surface area contributed by atoms with E-state index < -0.39 is 0 Å². The lowest BCUT2D eigenvalue weighted by Crippen LogP contribution is -2.31. The van der Waals surface area contributed by atoms with Crippen molar-refractivity contribution in [1.29, 1.82) is 0 Å². The first-order valence-corrected chi connectivity index (χ1v) is 8.14. The van der Waals surface area contributed by atoms with Gasteiger partial charge in [0.25, 0.3) is 5.91 Å². The van der Waals surface area contributed by atoms with Crippen LogP contribution in [0.15, 0.2) is 48.5 Å². The van der Waals surface area contributed by atoms with Crippen molar-refractivity contribution in [1.82, 2.24) is 5.32 Å². The quantitative estimate of drug-likeness (QED) is 0.821. The maximum absolute atomic E-state index is 12.0. The maximum Gasteiger partial charge on any atom is 0.258 e. The second kappa shape index (κ2) is 7.39. The molecule has 0 bridgehead atoms. The highest BCUT2D eigenvalue weighted by Crippen LogP contribution is 2.24. The first-order chi connectivity index (χ1) is 11.3. The minimum atomic E-state index is -0.153. The first kappa shape index (κ1) is 17.9. The number of carbonyl (C=O) groups excluding carboxylic acids is 1. The lowest BCUT2D eigenvalue weighted by atomic mass is 9.87. The van der Waals surface area contributed by atoms with E-state index in [2.05, 4.69) is 26.1 Å². The average Bonchev–Trinajstić information content (AvgIpc) is 2.53. The van der Waals surface area contributed by atoms with Crippen molar-refractivity contribution in [3.05, 3.63) is 59.7 Å². The highest BCUT2D eigenvalue weighted by molar-refractivity contribution is 5.78. The molecule has 4 nitrogen and oxygen atoms in total. The van der Waals surface area contributed by atoms with Gasteiger partial charge in [0.1, 0.15) is 5.75 Å². The molecule has 2 aromatic rings. The normalized spacial score (nSPS) is 12.5. The smallest absolute Gasteiger partial charge is 0.258 e. The second-order valence-electron chi connectivity index (χ2n) is 7.02. The fourth-order valence-corrected chi connectivity index (χ4v) is 2.35. The number of nitrogens with one attached hydrogen (secondary N) is 1. The molecule has 0 fully saturated rings. The van der Waals surface area contributed by atoms with Gasteiger partial charge in [0.05, 0.1) is 6.04 Å². The number of ether oxygens (including phenoxy) is 1. The zero-order valence-corrected chi connectivity index (χ0v) is 14.8. The molecule has 0 aromatic heterocycles. The third kappa shape index (κ3) is 5.01. The monoisotopic (exact) mass is 326 g/mol. The minimum Gasteiger partial charge on any atom is -0.484 e. The van der Waals surface area contributed by atoms with Gasteiger partial charge in [0, 0.05) is 5.69 Å². The van der Waals surface area contributed by atoms with Crippen molar-refractivity contribution in [3.63, 3.8) is 0 Å². The van der Waals surface area contributed by atoms with Crippen LogP contribution in [0, 0.1) is 0 Å². The van der Waals surface area contributed by atoms with E-state index in [4.69, 9.17) is 10.5 Å². The molecule has 0 saturated heterocycles. The maximum atomic E-state index is 12.0. The van der Waals surface area contributed by atoms with Crippen molar-refractivity contribution < 1.29 is 9.53 Å². The number of rotatable bonds is 5. The van der Waals surface area contributed by atoms with Crippen LogP contribution >= 0.6 is 0 Å². The van der Waals surface area contributed by atoms with Crippen LogP contribution in [0.1, 0.15) is 44.9 Å². The summed E-state index contributed by atoms with van der Waals surface area (Å²) in [4.78, 5) is 12.0.